The monoisotopic (exact) mass is 498 g/mol. The Kier molecular flexibility index (Phi) is 9.24. The van der Waals surface area contributed by atoms with Gasteiger partial charge in [-0.2, -0.15) is 0 Å². The van der Waals surface area contributed by atoms with Crippen LogP contribution in [0.15, 0.2) is 45.9 Å². The first-order chi connectivity index (χ1) is 13.2. The van der Waals surface area contributed by atoms with E-state index in [1.165, 1.54) is 19.3 Å². The topological polar surface area (TPSA) is 71.7 Å². The Labute approximate surface area is 184 Å². The summed E-state index contributed by atoms with van der Waals surface area (Å²) in [7, 11) is 1.77. The highest BCUT2D eigenvalue weighted by Crippen LogP contribution is 2.43. The summed E-state index contributed by atoms with van der Waals surface area (Å²) < 4.78 is 11.1. The first-order valence-electron chi connectivity index (χ1n) is 9.76. The van der Waals surface area contributed by atoms with Crippen molar-refractivity contribution >= 4 is 29.9 Å². The van der Waals surface area contributed by atoms with Crippen molar-refractivity contribution in [2.45, 2.75) is 39.2 Å². The molecule has 154 valence electrons. The third kappa shape index (κ3) is 6.20. The van der Waals surface area contributed by atoms with Gasteiger partial charge >= 0.3 is 0 Å². The Balaban J connectivity index is 0.00000280. The molecule has 0 aliphatic heterocycles. The van der Waals surface area contributed by atoms with Gasteiger partial charge in [0.15, 0.2) is 11.7 Å². The van der Waals surface area contributed by atoms with E-state index in [-0.39, 0.29) is 24.0 Å². The summed E-state index contributed by atoms with van der Waals surface area (Å²) in [6.45, 7) is 5.03. The summed E-state index contributed by atoms with van der Waals surface area (Å²) in [5, 5.41) is 6.80. The molecule has 1 heterocycles. The summed E-state index contributed by atoms with van der Waals surface area (Å²) in [5.41, 5.74) is 1.37. The maximum atomic E-state index is 5.84. The minimum absolute atomic E-state index is 0. The third-order valence-electron chi connectivity index (χ3n) is 5.21. The fourth-order valence-corrected chi connectivity index (χ4v) is 3.39. The second-order valence-electron chi connectivity index (χ2n) is 7.13. The molecule has 0 bridgehead atoms. The van der Waals surface area contributed by atoms with Gasteiger partial charge in [0.1, 0.15) is 6.54 Å². The van der Waals surface area contributed by atoms with Crippen LogP contribution in [0.4, 0.5) is 0 Å². The van der Waals surface area contributed by atoms with Gasteiger partial charge < -0.3 is 19.8 Å². The quantitative estimate of drug-likeness (QED) is 0.308. The minimum Gasteiger partial charge on any atom is -0.439 e. The van der Waals surface area contributed by atoms with Crippen LogP contribution < -0.4 is 10.6 Å². The van der Waals surface area contributed by atoms with Crippen LogP contribution in [-0.2, 0) is 11.3 Å². The van der Waals surface area contributed by atoms with Crippen molar-refractivity contribution in [3.63, 3.8) is 0 Å². The number of ether oxygens (including phenoxy) is 1. The number of methoxy groups -OCH3 is 1. The van der Waals surface area contributed by atoms with Gasteiger partial charge in [0.05, 0.1) is 6.20 Å². The van der Waals surface area contributed by atoms with Crippen LogP contribution in [0.3, 0.4) is 0 Å². The number of hydrogen-bond donors (Lipinski definition) is 2. The van der Waals surface area contributed by atoms with E-state index in [0.29, 0.717) is 17.9 Å². The maximum Gasteiger partial charge on any atom is 0.216 e. The molecule has 1 aliphatic rings. The Morgan fingerprint density at radius 1 is 1.25 bits per heavy atom. The number of halogens is 1. The fraction of sp³-hybridized carbons (Fsp3) is 0.524. The minimum atomic E-state index is 0. The molecule has 0 atom stereocenters. The summed E-state index contributed by atoms with van der Waals surface area (Å²) in [4.78, 5) is 8.99. The number of aliphatic imine (C=N–C) groups is 1. The number of hydrogen-bond acceptors (Lipinski definition) is 4. The number of nitrogens with one attached hydrogen (secondary N) is 2. The molecule has 1 fully saturated rings. The second kappa shape index (κ2) is 11.4. The van der Waals surface area contributed by atoms with Crippen LogP contribution in [-0.4, -0.2) is 37.7 Å². The average molecular weight is 498 g/mol. The van der Waals surface area contributed by atoms with Gasteiger partial charge in [-0.3, -0.25) is 0 Å². The lowest BCUT2D eigenvalue weighted by atomic mass is 9.67. The van der Waals surface area contributed by atoms with E-state index in [1.54, 1.807) is 13.3 Å². The van der Waals surface area contributed by atoms with Crippen LogP contribution in [0.2, 0.25) is 0 Å². The second-order valence-corrected chi connectivity index (χ2v) is 7.13. The summed E-state index contributed by atoms with van der Waals surface area (Å²) in [6.07, 6.45) is 6.66. The van der Waals surface area contributed by atoms with E-state index in [0.717, 1.165) is 43.4 Å². The van der Waals surface area contributed by atoms with Crippen molar-refractivity contribution in [1.29, 1.82) is 0 Å². The third-order valence-corrected chi connectivity index (χ3v) is 5.21. The maximum absolute atomic E-state index is 5.84. The van der Waals surface area contributed by atoms with E-state index in [9.17, 15) is 0 Å². The van der Waals surface area contributed by atoms with Gasteiger partial charge in [0.25, 0.3) is 0 Å². The van der Waals surface area contributed by atoms with Crippen molar-refractivity contribution in [1.82, 2.24) is 15.6 Å². The number of benzene rings is 1. The van der Waals surface area contributed by atoms with Gasteiger partial charge in [-0.15, -0.1) is 24.0 Å². The Hall–Kier alpha value is -1.61. The van der Waals surface area contributed by atoms with Gasteiger partial charge in [0.2, 0.25) is 5.89 Å². The van der Waals surface area contributed by atoms with E-state index in [2.05, 4.69) is 27.5 Å². The van der Waals surface area contributed by atoms with Crippen molar-refractivity contribution in [2.24, 2.45) is 10.4 Å². The Bertz CT molecular complexity index is 729. The highest BCUT2D eigenvalue weighted by Gasteiger charge is 2.36. The molecule has 0 unspecified atom stereocenters. The largest absolute Gasteiger partial charge is 0.439 e. The normalized spacial score (nSPS) is 15.4. The zero-order valence-corrected chi connectivity index (χ0v) is 19.1. The number of aromatic nitrogens is 1. The zero-order valence-electron chi connectivity index (χ0n) is 16.7. The van der Waals surface area contributed by atoms with Crippen LogP contribution in [0.1, 0.15) is 38.5 Å². The van der Waals surface area contributed by atoms with Crippen molar-refractivity contribution in [2.75, 3.05) is 26.8 Å². The molecule has 7 heteroatoms. The molecule has 0 radical (unpaired) electrons. The molecule has 0 saturated heterocycles. The van der Waals surface area contributed by atoms with Gasteiger partial charge in [-0.1, -0.05) is 36.8 Å². The lowest BCUT2D eigenvalue weighted by molar-refractivity contribution is 0.0732. The van der Waals surface area contributed by atoms with Gasteiger partial charge in [0, 0.05) is 32.4 Å². The first kappa shape index (κ1) is 22.7. The molecule has 0 amide bonds. The first-order valence-corrected chi connectivity index (χ1v) is 9.76. The van der Waals surface area contributed by atoms with Crippen molar-refractivity contribution in [3.8, 4) is 11.3 Å². The van der Waals surface area contributed by atoms with Crippen molar-refractivity contribution in [3.05, 3.63) is 42.4 Å². The molecular weight excluding hydrogens is 467 g/mol. The summed E-state index contributed by atoms with van der Waals surface area (Å²) in [5.74, 6) is 2.19. The summed E-state index contributed by atoms with van der Waals surface area (Å²) >= 11 is 0. The van der Waals surface area contributed by atoms with E-state index in [4.69, 9.17) is 9.15 Å². The standard InChI is InChI=1S/C21H30N4O2.HI/c1-3-22-20(25-16-21(10-7-11-21)12-13-26-2)24-15-19-23-14-18(27-19)17-8-5-4-6-9-17;/h4-6,8-9,14H,3,7,10-13,15-16H2,1-2H3,(H2,22,24,25);1H. The van der Waals surface area contributed by atoms with E-state index >= 15 is 0 Å². The highest BCUT2D eigenvalue weighted by molar-refractivity contribution is 14.0. The SMILES string of the molecule is CCNC(=NCc1ncc(-c2ccccc2)o1)NCC1(CCOC)CCC1.I. The molecule has 1 aliphatic carbocycles. The van der Waals surface area contributed by atoms with Crippen LogP contribution >= 0.6 is 24.0 Å². The van der Waals surface area contributed by atoms with E-state index < -0.39 is 0 Å². The fourth-order valence-electron chi connectivity index (χ4n) is 3.39. The molecule has 1 saturated carbocycles. The predicted molar refractivity (Wildman–Crippen MR) is 123 cm³/mol. The highest BCUT2D eigenvalue weighted by atomic mass is 127. The van der Waals surface area contributed by atoms with Gasteiger partial charge in [-0.05, 0) is 31.6 Å². The lowest BCUT2D eigenvalue weighted by Gasteiger charge is -2.42. The zero-order chi connectivity index (χ0) is 19.0. The number of guanidine groups is 1. The van der Waals surface area contributed by atoms with Crippen molar-refractivity contribution < 1.29 is 9.15 Å². The Morgan fingerprint density at radius 2 is 2.04 bits per heavy atom. The predicted octanol–water partition coefficient (Wildman–Crippen LogP) is 4.22. The number of nitrogens with zero attached hydrogens (tertiary/aromatic N) is 2. The molecular formula is C21H31IN4O2. The number of rotatable bonds is 9. The van der Waals surface area contributed by atoms with Crippen LogP contribution in [0.25, 0.3) is 11.3 Å². The summed E-state index contributed by atoms with van der Waals surface area (Å²) in [6, 6.07) is 9.99. The van der Waals surface area contributed by atoms with Crippen LogP contribution in [0, 0.1) is 5.41 Å². The van der Waals surface area contributed by atoms with E-state index in [1.807, 2.05) is 30.3 Å². The smallest absolute Gasteiger partial charge is 0.216 e. The average Bonchev–Trinajstić information content (AvgIpc) is 3.14. The molecule has 3 rings (SSSR count). The number of oxazole rings is 1. The molecule has 2 aromatic rings. The molecule has 2 N–H and O–H groups in total. The Morgan fingerprint density at radius 3 is 2.68 bits per heavy atom. The molecule has 1 aromatic carbocycles. The molecule has 6 nitrogen and oxygen atoms in total. The molecule has 28 heavy (non-hydrogen) atoms. The lowest BCUT2D eigenvalue weighted by Crippen LogP contribution is -2.46. The molecule has 0 spiro atoms. The van der Waals surface area contributed by atoms with Crippen LogP contribution in [0.5, 0.6) is 0 Å². The van der Waals surface area contributed by atoms with Gasteiger partial charge in [-0.25, -0.2) is 9.98 Å². The molecule has 1 aromatic heterocycles.